The average Bonchev–Trinajstić information content (AvgIpc) is 3.05. The molecule has 0 aromatic carbocycles. The van der Waals surface area contributed by atoms with E-state index >= 15 is 0 Å². The zero-order chi connectivity index (χ0) is 34.9. The number of carbonyl (C=O) groups is 2. The van der Waals surface area contributed by atoms with E-state index in [4.69, 9.17) is 9.47 Å². The molecule has 2 unspecified atom stereocenters. The summed E-state index contributed by atoms with van der Waals surface area (Å²) in [6.45, 7) is 8.83. The topological polar surface area (TPSA) is 93.1 Å². The quantitative estimate of drug-likeness (QED) is 0.0404. The van der Waals surface area contributed by atoms with Crippen molar-refractivity contribution in [3.8, 4) is 0 Å². The number of rotatable bonds is 34. The SMILES string of the molecule is CCCCCCC(O)C/C=C/CCCCCCCC(=O)OCC(C)(C)COC(=O)CCCCCCC/C=C/CC(O)CCCCCC. The van der Waals surface area contributed by atoms with Gasteiger partial charge in [-0.1, -0.05) is 142 Å². The standard InChI is InChI=1S/C41H76O6/c1-5-7-9-23-29-37(42)31-25-19-15-11-13-17-21-27-33-39(44)46-35-41(3,4)36-47-40(45)34-28-22-18-14-12-16-20-26-32-38(43)30-24-10-8-6-2/h19-20,25-26,37-38,42-43H,5-18,21-24,27-36H2,1-4H3/b25-19+,26-20+. The number of allylic oxidation sites excluding steroid dienone is 2. The van der Waals surface area contributed by atoms with E-state index in [0.717, 1.165) is 116 Å². The van der Waals surface area contributed by atoms with Crippen LogP contribution in [0.25, 0.3) is 0 Å². The van der Waals surface area contributed by atoms with Crippen LogP contribution >= 0.6 is 0 Å². The largest absolute Gasteiger partial charge is 0.465 e. The molecule has 0 saturated carbocycles. The lowest BCUT2D eigenvalue weighted by molar-refractivity contribution is -0.152. The van der Waals surface area contributed by atoms with Crippen molar-refractivity contribution < 1.29 is 29.3 Å². The predicted octanol–water partition coefficient (Wildman–Crippen LogP) is 11.1. The second-order valence-electron chi connectivity index (χ2n) is 14.5. The van der Waals surface area contributed by atoms with Gasteiger partial charge in [0.15, 0.2) is 0 Å². The van der Waals surface area contributed by atoms with Crippen molar-refractivity contribution in [2.24, 2.45) is 5.41 Å². The van der Waals surface area contributed by atoms with Crippen LogP contribution in [0.1, 0.15) is 195 Å². The monoisotopic (exact) mass is 665 g/mol. The van der Waals surface area contributed by atoms with E-state index in [0.29, 0.717) is 12.8 Å². The first-order valence-electron chi connectivity index (χ1n) is 19.7. The number of hydrogen-bond acceptors (Lipinski definition) is 6. The van der Waals surface area contributed by atoms with Crippen molar-refractivity contribution in [3.63, 3.8) is 0 Å². The molecule has 0 fully saturated rings. The van der Waals surface area contributed by atoms with Crippen molar-refractivity contribution in [1.82, 2.24) is 0 Å². The maximum Gasteiger partial charge on any atom is 0.305 e. The van der Waals surface area contributed by atoms with Crippen LogP contribution in [0.15, 0.2) is 24.3 Å². The lowest BCUT2D eigenvalue weighted by Gasteiger charge is -2.23. The molecule has 0 aliphatic rings. The molecule has 6 nitrogen and oxygen atoms in total. The Labute approximate surface area is 290 Å². The molecule has 0 aliphatic heterocycles. The highest BCUT2D eigenvalue weighted by atomic mass is 16.5. The van der Waals surface area contributed by atoms with E-state index in [9.17, 15) is 19.8 Å². The summed E-state index contributed by atoms with van der Waals surface area (Å²) in [6, 6.07) is 0. The van der Waals surface area contributed by atoms with Gasteiger partial charge < -0.3 is 19.7 Å². The third-order valence-corrected chi connectivity index (χ3v) is 8.68. The van der Waals surface area contributed by atoms with Crippen molar-refractivity contribution in [1.29, 1.82) is 0 Å². The molecule has 0 aliphatic carbocycles. The first kappa shape index (κ1) is 45.3. The highest BCUT2D eigenvalue weighted by Crippen LogP contribution is 2.18. The molecule has 2 atom stereocenters. The Morgan fingerprint density at radius 2 is 0.894 bits per heavy atom. The minimum Gasteiger partial charge on any atom is -0.465 e. The third kappa shape index (κ3) is 34.0. The molecule has 0 aromatic heterocycles. The molecule has 47 heavy (non-hydrogen) atoms. The van der Waals surface area contributed by atoms with Crippen molar-refractivity contribution in [2.45, 2.75) is 207 Å². The summed E-state index contributed by atoms with van der Waals surface area (Å²) >= 11 is 0. The van der Waals surface area contributed by atoms with Crippen LogP contribution in [-0.4, -0.2) is 47.6 Å². The zero-order valence-electron chi connectivity index (χ0n) is 31.3. The van der Waals surface area contributed by atoms with E-state index in [-0.39, 0.29) is 37.4 Å². The van der Waals surface area contributed by atoms with Gasteiger partial charge in [-0.15, -0.1) is 0 Å². The Morgan fingerprint density at radius 1 is 0.532 bits per heavy atom. The fourth-order valence-electron chi connectivity index (χ4n) is 5.45. The van der Waals surface area contributed by atoms with E-state index in [2.05, 4.69) is 38.2 Å². The average molecular weight is 665 g/mol. The second-order valence-corrected chi connectivity index (χ2v) is 14.5. The van der Waals surface area contributed by atoms with Crippen molar-refractivity contribution in [3.05, 3.63) is 24.3 Å². The fraction of sp³-hybridized carbons (Fsp3) is 0.854. The highest BCUT2D eigenvalue weighted by molar-refractivity contribution is 5.69. The predicted molar refractivity (Wildman–Crippen MR) is 197 cm³/mol. The number of esters is 2. The summed E-state index contributed by atoms with van der Waals surface area (Å²) in [4.78, 5) is 24.4. The smallest absolute Gasteiger partial charge is 0.305 e. The molecule has 0 bridgehead atoms. The van der Waals surface area contributed by atoms with Crippen LogP contribution < -0.4 is 0 Å². The lowest BCUT2D eigenvalue weighted by atomic mass is 9.96. The fourth-order valence-corrected chi connectivity index (χ4v) is 5.45. The molecule has 0 aromatic rings. The van der Waals surface area contributed by atoms with Crippen LogP contribution in [-0.2, 0) is 19.1 Å². The van der Waals surface area contributed by atoms with E-state index < -0.39 is 5.41 Å². The van der Waals surface area contributed by atoms with Crippen LogP contribution in [0, 0.1) is 5.41 Å². The van der Waals surface area contributed by atoms with Gasteiger partial charge in [-0.2, -0.15) is 0 Å². The Morgan fingerprint density at radius 3 is 1.30 bits per heavy atom. The van der Waals surface area contributed by atoms with Gasteiger partial charge in [-0.3, -0.25) is 9.59 Å². The van der Waals surface area contributed by atoms with Gasteiger partial charge in [0.05, 0.1) is 25.4 Å². The highest BCUT2D eigenvalue weighted by Gasteiger charge is 2.22. The van der Waals surface area contributed by atoms with Crippen molar-refractivity contribution in [2.75, 3.05) is 13.2 Å². The van der Waals surface area contributed by atoms with Crippen LogP contribution in [0.3, 0.4) is 0 Å². The maximum absolute atomic E-state index is 12.2. The Balaban J connectivity index is 3.67. The summed E-state index contributed by atoms with van der Waals surface area (Å²) in [5.74, 6) is -0.349. The summed E-state index contributed by atoms with van der Waals surface area (Å²) in [6.07, 6.45) is 34.8. The van der Waals surface area contributed by atoms with Crippen LogP contribution in [0.5, 0.6) is 0 Å². The number of aliphatic hydroxyl groups is 2. The number of carbonyl (C=O) groups excluding carboxylic acids is 2. The first-order chi connectivity index (χ1) is 22.7. The summed E-state index contributed by atoms with van der Waals surface area (Å²) in [5, 5.41) is 20.0. The molecule has 0 spiro atoms. The van der Waals surface area contributed by atoms with Gasteiger partial charge >= 0.3 is 11.9 Å². The van der Waals surface area contributed by atoms with Crippen LogP contribution in [0.2, 0.25) is 0 Å². The number of aliphatic hydroxyl groups excluding tert-OH is 2. The molecule has 0 radical (unpaired) electrons. The molecule has 0 amide bonds. The third-order valence-electron chi connectivity index (χ3n) is 8.68. The second kappa shape index (κ2) is 32.9. The van der Waals surface area contributed by atoms with Gasteiger partial charge in [0.1, 0.15) is 0 Å². The number of hydrogen-bond donors (Lipinski definition) is 2. The summed E-state index contributed by atoms with van der Waals surface area (Å²) in [7, 11) is 0. The molecular weight excluding hydrogens is 588 g/mol. The lowest BCUT2D eigenvalue weighted by Crippen LogP contribution is -2.28. The normalized spacial score (nSPS) is 13.4. The van der Waals surface area contributed by atoms with E-state index in [1.54, 1.807) is 0 Å². The molecule has 276 valence electrons. The van der Waals surface area contributed by atoms with Gasteiger partial charge in [0, 0.05) is 18.3 Å². The van der Waals surface area contributed by atoms with E-state index in [1.165, 1.54) is 38.5 Å². The van der Waals surface area contributed by atoms with Crippen molar-refractivity contribution >= 4 is 11.9 Å². The minimum absolute atomic E-state index is 0.175. The Bertz CT molecular complexity index is 712. The molecule has 6 heteroatoms. The van der Waals surface area contributed by atoms with Gasteiger partial charge in [-0.05, 0) is 64.2 Å². The number of unbranched alkanes of at least 4 members (excludes halogenated alkanes) is 16. The molecule has 2 N–H and O–H groups in total. The van der Waals surface area contributed by atoms with E-state index in [1.807, 2.05) is 13.8 Å². The van der Waals surface area contributed by atoms with Crippen LogP contribution in [0.4, 0.5) is 0 Å². The summed E-state index contributed by atoms with van der Waals surface area (Å²) in [5.41, 5.74) is -0.400. The Hall–Kier alpha value is -1.66. The molecule has 0 saturated heterocycles. The zero-order valence-corrected chi connectivity index (χ0v) is 31.3. The summed E-state index contributed by atoms with van der Waals surface area (Å²) < 4.78 is 11.0. The minimum atomic E-state index is -0.400. The number of ether oxygens (including phenoxy) is 2. The van der Waals surface area contributed by atoms with Gasteiger partial charge in [0.25, 0.3) is 0 Å². The van der Waals surface area contributed by atoms with Gasteiger partial charge in [-0.25, -0.2) is 0 Å². The Kier molecular flexibility index (Phi) is 31.7. The maximum atomic E-state index is 12.2. The van der Waals surface area contributed by atoms with Gasteiger partial charge in [0.2, 0.25) is 0 Å². The molecule has 0 heterocycles. The molecule has 0 rings (SSSR count). The molecular formula is C41H76O6. The first-order valence-corrected chi connectivity index (χ1v) is 19.7.